The van der Waals surface area contributed by atoms with Gasteiger partial charge < -0.3 is 0 Å². The molecule has 0 heterocycles. The Morgan fingerprint density at radius 2 is 0.857 bits per heavy atom. The van der Waals surface area contributed by atoms with Crippen molar-refractivity contribution in [3.63, 3.8) is 0 Å². The third-order valence-corrected chi connectivity index (χ3v) is 4.97. The summed E-state index contributed by atoms with van der Waals surface area (Å²) in [5.74, 6) is 2.69. The zero-order chi connectivity index (χ0) is 21.2. The predicted molar refractivity (Wildman–Crippen MR) is 129 cm³/mol. The van der Waals surface area contributed by atoms with Crippen LogP contribution in [0.3, 0.4) is 0 Å². The molecule has 0 rings (SSSR count). The van der Waals surface area contributed by atoms with E-state index in [1.165, 1.54) is 60.0 Å². The number of hydrogen-bond acceptors (Lipinski definition) is 0. The van der Waals surface area contributed by atoms with Crippen molar-refractivity contribution in [2.24, 2.45) is 0 Å². The molecule has 0 atom stereocenters. The summed E-state index contributed by atoms with van der Waals surface area (Å²) in [6, 6.07) is 0. The topological polar surface area (TPSA) is 0 Å². The highest BCUT2D eigenvalue weighted by atomic mass is 14.0. The maximum Gasteiger partial charge on any atom is 0.0121 e. The molecular weight excluding hydrogens is 336 g/mol. The molecular formula is C28H44. The highest BCUT2D eigenvalue weighted by Gasteiger charge is 1.94. The third kappa shape index (κ3) is 17.7. The molecule has 0 radical (unpaired) electrons. The van der Waals surface area contributed by atoms with Crippen LogP contribution in [0.25, 0.3) is 0 Å². The molecule has 0 spiro atoms. The SMILES string of the molecule is C#CCC/C=C(\C)CC/C=C(\C)CC/C=C(\C)CC/C=C(\C)CCC=C(C)C. The van der Waals surface area contributed by atoms with Crippen LogP contribution in [0.5, 0.6) is 0 Å². The van der Waals surface area contributed by atoms with E-state index < -0.39 is 0 Å². The van der Waals surface area contributed by atoms with E-state index in [0.717, 1.165) is 32.1 Å². The minimum absolute atomic E-state index is 0.850. The van der Waals surface area contributed by atoms with Crippen molar-refractivity contribution < 1.29 is 0 Å². The van der Waals surface area contributed by atoms with Gasteiger partial charge in [0.1, 0.15) is 0 Å². The molecule has 0 aliphatic rings. The molecule has 28 heavy (non-hydrogen) atoms. The van der Waals surface area contributed by atoms with Gasteiger partial charge in [-0.05, 0) is 99.3 Å². The van der Waals surface area contributed by atoms with Gasteiger partial charge in [-0.25, -0.2) is 0 Å². The van der Waals surface area contributed by atoms with Crippen LogP contribution in [0.1, 0.15) is 106 Å². The van der Waals surface area contributed by atoms with Gasteiger partial charge in [-0.3, -0.25) is 0 Å². The summed E-state index contributed by atoms with van der Waals surface area (Å²) in [5.41, 5.74) is 7.43. The fraction of sp³-hybridized carbons (Fsp3) is 0.571. The number of terminal acetylenes is 1. The lowest BCUT2D eigenvalue weighted by Crippen LogP contribution is -1.83. The monoisotopic (exact) mass is 380 g/mol. The van der Waals surface area contributed by atoms with E-state index >= 15 is 0 Å². The Kier molecular flexibility index (Phi) is 16.3. The predicted octanol–water partition coefficient (Wildman–Crippen LogP) is 9.27. The van der Waals surface area contributed by atoms with Crippen molar-refractivity contribution in [3.8, 4) is 12.3 Å². The summed E-state index contributed by atoms with van der Waals surface area (Å²) in [6.07, 6.45) is 28.4. The minimum atomic E-state index is 0.850. The fourth-order valence-electron chi connectivity index (χ4n) is 3.04. The molecule has 0 nitrogen and oxygen atoms in total. The minimum Gasteiger partial charge on any atom is -0.120 e. The summed E-state index contributed by atoms with van der Waals surface area (Å²) in [4.78, 5) is 0. The van der Waals surface area contributed by atoms with Crippen molar-refractivity contribution in [1.82, 2.24) is 0 Å². The lowest BCUT2D eigenvalue weighted by Gasteiger charge is -2.03. The van der Waals surface area contributed by atoms with E-state index in [4.69, 9.17) is 6.42 Å². The van der Waals surface area contributed by atoms with Gasteiger partial charge in [0.15, 0.2) is 0 Å². The van der Waals surface area contributed by atoms with Gasteiger partial charge in [-0.2, -0.15) is 0 Å². The molecule has 0 aromatic heterocycles. The van der Waals surface area contributed by atoms with Gasteiger partial charge in [0.25, 0.3) is 0 Å². The number of hydrogen-bond donors (Lipinski definition) is 0. The van der Waals surface area contributed by atoms with E-state index in [1.807, 2.05) is 0 Å². The van der Waals surface area contributed by atoms with Crippen LogP contribution in [0.4, 0.5) is 0 Å². The molecule has 0 saturated carbocycles. The average molecular weight is 381 g/mol. The van der Waals surface area contributed by atoms with Gasteiger partial charge in [0, 0.05) is 6.42 Å². The normalized spacial score (nSPS) is 13.5. The first kappa shape index (κ1) is 26.3. The summed E-state index contributed by atoms with van der Waals surface area (Å²) >= 11 is 0. The van der Waals surface area contributed by atoms with Gasteiger partial charge in [-0.1, -0.05) is 58.2 Å². The molecule has 0 aromatic carbocycles. The summed E-state index contributed by atoms with van der Waals surface area (Å²) in [5, 5.41) is 0. The van der Waals surface area contributed by atoms with Crippen LogP contribution in [-0.4, -0.2) is 0 Å². The van der Waals surface area contributed by atoms with E-state index in [2.05, 4.69) is 77.8 Å². The number of allylic oxidation sites excluding steroid dienone is 10. The summed E-state index contributed by atoms with van der Waals surface area (Å²) in [6.45, 7) is 13.4. The molecule has 0 N–H and O–H groups in total. The van der Waals surface area contributed by atoms with Crippen LogP contribution >= 0.6 is 0 Å². The van der Waals surface area contributed by atoms with Crippen LogP contribution in [0.15, 0.2) is 58.2 Å². The first-order valence-electron chi connectivity index (χ1n) is 11.0. The molecule has 0 fully saturated rings. The Bertz CT molecular complexity index is 607. The second kappa shape index (κ2) is 17.4. The zero-order valence-electron chi connectivity index (χ0n) is 19.5. The van der Waals surface area contributed by atoms with Crippen LogP contribution in [0.2, 0.25) is 0 Å². The van der Waals surface area contributed by atoms with Crippen molar-refractivity contribution in [2.75, 3.05) is 0 Å². The summed E-state index contributed by atoms with van der Waals surface area (Å²) in [7, 11) is 0. The lowest BCUT2D eigenvalue weighted by molar-refractivity contribution is 0.889. The Morgan fingerprint density at radius 3 is 1.18 bits per heavy atom. The Balaban J connectivity index is 4.05. The lowest BCUT2D eigenvalue weighted by atomic mass is 10.0. The second-order valence-electron chi connectivity index (χ2n) is 8.38. The smallest absolute Gasteiger partial charge is 0.0121 e. The Labute approximate surface area is 176 Å². The maximum atomic E-state index is 5.29. The van der Waals surface area contributed by atoms with E-state index in [-0.39, 0.29) is 0 Å². The van der Waals surface area contributed by atoms with Gasteiger partial charge in [0.2, 0.25) is 0 Å². The van der Waals surface area contributed by atoms with Crippen LogP contribution in [-0.2, 0) is 0 Å². The van der Waals surface area contributed by atoms with E-state index in [0.29, 0.717) is 0 Å². The quantitative estimate of drug-likeness (QED) is 0.160. The molecule has 0 aliphatic heterocycles. The number of rotatable bonds is 14. The molecule has 0 bridgehead atoms. The molecule has 0 aliphatic carbocycles. The fourth-order valence-corrected chi connectivity index (χ4v) is 3.04. The largest absolute Gasteiger partial charge is 0.120 e. The number of unbranched alkanes of at least 4 members (excludes halogenated alkanes) is 1. The highest BCUT2D eigenvalue weighted by molar-refractivity contribution is 5.08. The molecule has 156 valence electrons. The molecule has 0 heteroatoms. The van der Waals surface area contributed by atoms with E-state index in [1.54, 1.807) is 0 Å². The van der Waals surface area contributed by atoms with Crippen molar-refractivity contribution in [1.29, 1.82) is 0 Å². The molecule has 0 amide bonds. The maximum absolute atomic E-state index is 5.29. The molecule has 0 saturated heterocycles. The van der Waals surface area contributed by atoms with Gasteiger partial charge >= 0.3 is 0 Å². The molecule has 0 aromatic rings. The summed E-state index contributed by atoms with van der Waals surface area (Å²) < 4.78 is 0. The molecule has 0 unspecified atom stereocenters. The van der Waals surface area contributed by atoms with Crippen molar-refractivity contribution in [3.05, 3.63) is 58.2 Å². The van der Waals surface area contributed by atoms with Crippen molar-refractivity contribution >= 4 is 0 Å². The van der Waals surface area contributed by atoms with E-state index in [9.17, 15) is 0 Å². The third-order valence-electron chi connectivity index (χ3n) is 4.97. The van der Waals surface area contributed by atoms with Crippen molar-refractivity contribution in [2.45, 2.75) is 106 Å². The second-order valence-corrected chi connectivity index (χ2v) is 8.38. The average Bonchev–Trinajstić information content (AvgIpc) is 2.61. The van der Waals surface area contributed by atoms with Crippen LogP contribution < -0.4 is 0 Å². The zero-order valence-corrected chi connectivity index (χ0v) is 19.5. The van der Waals surface area contributed by atoms with Gasteiger partial charge in [-0.15, -0.1) is 12.3 Å². The Morgan fingerprint density at radius 1 is 0.536 bits per heavy atom. The highest BCUT2D eigenvalue weighted by Crippen LogP contribution is 2.15. The Hall–Kier alpha value is -1.74. The first-order chi connectivity index (χ1) is 13.3. The van der Waals surface area contributed by atoms with Crippen LogP contribution in [0, 0.1) is 12.3 Å². The standard InChI is InChI=1S/C28H44/c1-8-9-10-16-25(4)18-12-20-27(6)22-14-23-28(7)21-13-19-26(5)17-11-15-24(2)3/h1,15-16,19-20,23H,9-14,17-18,21-22H2,2-7H3/b25-16+,26-19+,27-20+,28-23+. The van der Waals surface area contributed by atoms with Gasteiger partial charge in [0.05, 0.1) is 0 Å². The first-order valence-corrected chi connectivity index (χ1v) is 11.0.